The molecule has 1 N–H and O–H groups in total. The fourth-order valence-electron chi connectivity index (χ4n) is 1.64. The Balaban J connectivity index is 2.37. The highest BCUT2D eigenvalue weighted by molar-refractivity contribution is 6.30. The number of carbonyl (C=O) groups excluding carboxylic acids is 1. The highest BCUT2D eigenvalue weighted by Crippen LogP contribution is 2.18. The Morgan fingerprint density at radius 2 is 2.00 bits per heavy atom. The molecule has 104 valence electrons. The maximum atomic E-state index is 11.3. The second-order valence-corrected chi connectivity index (χ2v) is 4.21. The number of ether oxygens (including phenoxy) is 1. The molecule has 20 heavy (non-hydrogen) atoms. The van der Waals surface area contributed by atoms with Gasteiger partial charge in [0.15, 0.2) is 5.15 Å². The molecule has 0 fully saturated rings. The second-order valence-electron chi connectivity index (χ2n) is 3.85. The first kappa shape index (κ1) is 14.0. The fraction of sp³-hybridized carbons (Fsp3) is 0.167. The number of rotatable bonds is 4. The van der Waals surface area contributed by atoms with E-state index in [1.165, 1.54) is 11.8 Å². The van der Waals surface area contributed by atoms with Crippen molar-refractivity contribution in [1.29, 1.82) is 0 Å². The molecule has 1 aromatic carbocycles. The lowest BCUT2D eigenvalue weighted by Crippen LogP contribution is -2.09. The molecule has 0 saturated carbocycles. The monoisotopic (exact) mass is 295 g/mol. The zero-order valence-corrected chi connectivity index (χ0v) is 11.2. The van der Waals surface area contributed by atoms with Crippen LogP contribution in [0.1, 0.15) is 16.1 Å². The molecule has 0 radical (unpaired) electrons. The molecule has 0 atom stereocenters. The molecule has 0 bridgehead atoms. The first-order chi connectivity index (χ1) is 9.52. The molecular formula is C12H10ClN3O4. The van der Waals surface area contributed by atoms with E-state index in [1.807, 2.05) is 0 Å². The third kappa shape index (κ3) is 2.77. The Labute approximate surface area is 118 Å². The van der Waals surface area contributed by atoms with Gasteiger partial charge in [0, 0.05) is 0 Å². The van der Waals surface area contributed by atoms with Crippen LogP contribution in [-0.2, 0) is 16.0 Å². The van der Waals surface area contributed by atoms with E-state index in [0.29, 0.717) is 11.3 Å². The number of carbonyl (C=O) groups is 2. The Kier molecular flexibility index (Phi) is 3.99. The van der Waals surface area contributed by atoms with Gasteiger partial charge in [0.05, 0.1) is 30.5 Å². The van der Waals surface area contributed by atoms with Gasteiger partial charge >= 0.3 is 11.9 Å². The number of methoxy groups -OCH3 is 1. The van der Waals surface area contributed by atoms with Crippen LogP contribution in [0.5, 0.6) is 0 Å². The summed E-state index contributed by atoms with van der Waals surface area (Å²) in [5, 5.41) is 16.3. The van der Waals surface area contributed by atoms with Gasteiger partial charge in [-0.3, -0.25) is 4.79 Å². The van der Waals surface area contributed by atoms with Crippen molar-refractivity contribution in [3.63, 3.8) is 0 Å². The van der Waals surface area contributed by atoms with Gasteiger partial charge in [0.25, 0.3) is 0 Å². The van der Waals surface area contributed by atoms with E-state index in [0.717, 1.165) is 0 Å². The molecule has 8 heteroatoms. The number of halogens is 1. The van der Waals surface area contributed by atoms with Gasteiger partial charge in [0.1, 0.15) is 0 Å². The lowest BCUT2D eigenvalue weighted by Gasteiger charge is -2.05. The van der Waals surface area contributed by atoms with Gasteiger partial charge in [-0.15, -0.1) is 5.10 Å². The Bertz CT molecular complexity index is 651. The quantitative estimate of drug-likeness (QED) is 0.855. The summed E-state index contributed by atoms with van der Waals surface area (Å²) in [6.07, 6.45) is -0.301. The highest BCUT2D eigenvalue weighted by Gasteiger charge is 2.16. The average molecular weight is 296 g/mol. The largest absolute Gasteiger partial charge is 0.481 e. The number of carboxylic acid groups (broad SMARTS) is 1. The number of nitrogens with zero attached hydrogens (tertiary/aromatic N) is 3. The first-order valence-electron chi connectivity index (χ1n) is 5.53. The van der Waals surface area contributed by atoms with E-state index in [2.05, 4.69) is 15.0 Å². The smallest absolute Gasteiger partial charge is 0.337 e. The minimum absolute atomic E-state index is 0.0319. The molecule has 1 heterocycles. The number of esters is 1. The molecule has 7 nitrogen and oxygen atoms in total. The maximum Gasteiger partial charge on any atom is 0.337 e. The predicted octanol–water partition coefficient (Wildman–Crippen LogP) is 1.33. The van der Waals surface area contributed by atoms with Crippen molar-refractivity contribution in [1.82, 2.24) is 15.0 Å². The van der Waals surface area contributed by atoms with E-state index < -0.39 is 11.9 Å². The van der Waals surface area contributed by atoms with Gasteiger partial charge in [-0.25, -0.2) is 9.48 Å². The van der Waals surface area contributed by atoms with Gasteiger partial charge in [-0.2, -0.15) is 0 Å². The zero-order valence-electron chi connectivity index (χ0n) is 10.4. The number of carboxylic acids is 1. The van der Waals surface area contributed by atoms with Crippen LogP contribution >= 0.6 is 11.6 Å². The average Bonchev–Trinajstić information content (AvgIpc) is 2.79. The molecule has 2 aromatic rings. The molecule has 0 amide bonds. The fourth-order valence-corrected chi connectivity index (χ4v) is 1.82. The van der Waals surface area contributed by atoms with Crippen molar-refractivity contribution in [2.75, 3.05) is 7.11 Å². The minimum Gasteiger partial charge on any atom is -0.481 e. The van der Waals surface area contributed by atoms with Gasteiger partial charge < -0.3 is 9.84 Å². The summed E-state index contributed by atoms with van der Waals surface area (Å²) in [5.74, 6) is -1.50. The molecular weight excluding hydrogens is 286 g/mol. The van der Waals surface area contributed by atoms with Crippen molar-refractivity contribution < 1.29 is 19.4 Å². The summed E-state index contributed by atoms with van der Waals surface area (Å²) in [7, 11) is 1.29. The summed E-state index contributed by atoms with van der Waals surface area (Å²) < 4.78 is 5.91. The van der Waals surface area contributed by atoms with Gasteiger partial charge in [-0.05, 0) is 24.3 Å². The third-order valence-electron chi connectivity index (χ3n) is 2.57. The standard InChI is InChI=1S/C12H10ClN3O4/c1-20-12(19)7-2-4-8(5-3-7)16-9(6-10(17)18)11(13)14-15-16/h2-5H,6H2,1H3,(H,17,18). The summed E-state index contributed by atoms with van der Waals surface area (Å²) >= 11 is 5.81. The molecule has 1 aromatic heterocycles. The van der Waals surface area contributed by atoms with Gasteiger partial charge in [-0.1, -0.05) is 16.8 Å². The molecule has 0 unspecified atom stereocenters. The minimum atomic E-state index is -1.04. The maximum absolute atomic E-state index is 11.3. The normalized spacial score (nSPS) is 10.3. The SMILES string of the molecule is COC(=O)c1ccc(-n2nnc(Cl)c2CC(=O)O)cc1. The molecule has 0 aliphatic carbocycles. The lowest BCUT2D eigenvalue weighted by molar-refractivity contribution is -0.136. The van der Waals surface area contributed by atoms with Crippen LogP contribution in [0, 0.1) is 0 Å². The summed E-state index contributed by atoms with van der Waals surface area (Å²) in [4.78, 5) is 22.1. The number of hydrogen-bond acceptors (Lipinski definition) is 5. The number of benzene rings is 1. The first-order valence-corrected chi connectivity index (χ1v) is 5.91. The summed E-state index contributed by atoms with van der Waals surface area (Å²) in [6, 6.07) is 6.29. The molecule has 0 saturated heterocycles. The van der Waals surface area contributed by atoms with Crippen molar-refractivity contribution in [3.8, 4) is 5.69 Å². The van der Waals surface area contributed by atoms with Crippen LogP contribution in [0.2, 0.25) is 5.15 Å². The van der Waals surface area contributed by atoms with Crippen molar-refractivity contribution in [3.05, 3.63) is 40.7 Å². The van der Waals surface area contributed by atoms with Gasteiger partial charge in [0.2, 0.25) is 0 Å². The van der Waals surface area contributed by atoms with Crippen molar-refractivity contribution in [2.24, 2.45) is 0 Å². The summed E-state index contributed by atoms with van der Waals surface area (Å²) in [5.41, 5.74) is 1.19. The summed E-state index contributed by atoms with van der Waals surface area (Å²) in [6.45, 7) is 0. The van der Waals surface area contributed by atoms with Crippen molar-refractivity contribution in [2.45, 2.75) is 6.42 Å². The molecule has 2 rings (SSSR count). The van der Waals surface area contributed by atoms with Crippen LogP contribution in [0.4, 0.5) is 0 Å². The van der Waals surface area contributed by atoms with Crippen LogP contribution in [0.3, 0.4) is 0 Å². The Morgan fingerprint density at radius 1 is 1.35 bits per heavy atom. The third-order valence-corrected chi connectivity index (χ3v) is 2.86. The number of hydrogen-bond donors (Lipinski definition) is 1. The van der Waals surface area contributed by atoms with E-state index in [1.54, 1.807) is 24.3 Å². The Morgan fingerprint density at radius 3 is 2.55 bits per heavy atom. The molecule has 0 aliphatic rings. The van der Waals surface area contributed by atoms with Crippen LogP contribution in [0.15, 0.2) is 24.3 Å². The van der Waals surface area contributed by atoms with E-state index >= 15 is 0 Å². The second kappa shape index (κ2) is 5.70. The topological polar surface area (TPSA) is 94.3 Å². The number of aromatic nitrogens is 3. The van der Waals surface area contributed by atoms with Crippen molar-refractivity contribution >= 4 is 23.5 Å². The van der Waals surface area contributed by atoms with Crippen LogP contribution in [-0.4, -0.2) is 39.1 Å². The molecule has 0 spiro atoms. The highest BCUT2D eigenvalue weighted by atomic mass is 35.5. The van der Waals surface area contributed by atoms with E-state index in [-0.39, 0.29) is 17.3 Å². The number of aliphatic carboxylic acids is 1. The molecule has 0 aliphatic heterocycles. The van der Waals surface area contributed by atoms with Crippen LogP contribution < -0.4 is 0 Å². The lowest BCUT2D eigenvalue weighted by atomic mass is 10.2. The Hall–Kier alpha value is -2.41. The predicted molar refractivity (Wildman–Crippen MR) is 69.0 cm³/mol. The van der Waals surface area contributed by atoms with Crippen LogP contribution in [0.25, 0.3) is 5.69 Å². The van der Waals surface area contributed by atoms with E-state index in [9.17, 15) is 9.59 Å². The van der Waals surface area contributed by atoms with E-state index in [4.69, 9.17) is 16.7 Å². The zero-order chi connectivity index (χ0) is 14.7.